The first-order valence-corrected chi connectivity index (χ1v) is 10.9. The molecule has 0 radical (unpaired) electrons. The molecule has 0 fully saturated rings. The van der Waals surface area contributed by atoms with E-state index in [4.69, 9.17) is 11.6 Å². The summed E-state index contributed by atoms with van der Waals surface area (Å²) in [5, 5.41) is 8.25. The molecule has 0 saturated carbocycles. The Morgan fingerprint density at radius 2 is 1.97 bits per heavy atom. The van der Waals surface area contributed by atoms with Crippen molar-refractivity contribution >= 4 is 55.8 Å². The monoisotopic (exact) mass is 455 g/mol. The molecule has 160 valence electrons. The number of halogens is 1. The van der Waals surface area contributed by atoms with Crippen molar-refractivity contribution in [1.82, 2.24) is 15.4 Å². The number of carbonyl (C=O) groups is 2. The van der Waals surface area contributed by atoms with Crippen molar-refractivity contribution in [3.63, 3.8) is 0 Å². The molecule has 3 N–H and O–H groups in total. The number of fused-ring (bicyclic) bond motifs is 1. The summed E-state index contributed by atoms with van der Waals surface area (Å²) in [5.41, 5.74) is 5.51. The fourth-order valence-electron chi connectivity index (χ4n) is 3.40. The fraction of sp³-hybridized carbons (Fsp3) is 0.227. The number of nitrogens with zero attached hydrogens (tertiary/aromatic N) is 2. The van der Waals surface area contributed by atoms with Crippen LogP contribution in [0.5, 0.6) is 0 Å². The number of thiazole rings is 1. The molecule has 0 spiro atoms. The number of nitrogens with one attached hydrogen (secondary N) is 3. The highest BCUT2D eigenvalue weighted by atomic mass is 35.5. The Hall–Kier alpha value is -2.94. The molecule has 2 heterocycles. The standard InChI is InChI=1S/C22H22ClN5O2S/c1-12-8-9-15-16(10-12)31-21(24-15)26-19(29)14-7-5-6-13(2)18(14)25-20(30)22(3)11-17(23)28(4)27-22/h5-11,27H,1-4H3,(H,25,30)(H,24,26,29). The highest BCUT2D eigenvalue weighted by Gasteiger charge is 2.38. The van der Waals surface area contributed by atoms with Crippen molar-refractivity contribution in [1.29, 1.82) is 0 Å². The van der Waals surface area contributed by atoms with Crippen molar-refractivity contribution in [2.75, 3.05) is 17.7 Å². The first-order valence-electron chi connectivity index (χ1n) is 9.66. The zero-order valence-corrected chi connectivity index (χ0v) is 19.1. The first-order chi connectivity index (χ1) is 14.7. The molecule has 0 saturated heterocycles. The van der Waals surface area contributed by atoms with E-state index in [2.05, 4.69) is 21.0 Å². The van der Waals surface area contributed by atoms with Crippen LogP contribution in [0.15, 0.2) is 47.6 Å². The molecule has 0 aliphatic carbocycles. The summed E-state index contributed by atoms with van der Waals surface area (Å²) in [6, 6.07) is 11.2. The second-order valence-corrected chi connectivity index (χ2v) is 9.15. The third-order valence-corrected chi connectivity index (χ3v) is 6.42. The van der Waals surface area contributed by atoms with Crippen LogP contribution < -0.4 is 16.1 Å². The molecule has 0 bridgehead atoms. The lowest BCUT2D eigenvalue weighted by atomic mass is 10.0. The van der Waals surface area contributed by atoms with Gasteiger partial charge in [-0.1, -0.05) is 41.1 Å². The van der Waals surface area contributed by atoms with Gasteiger partial charge in [-0.25, -0.2) is 10.4 Å². The maximum absolute atomic E-state index is 13.1. The van der Waals surface area contributed by atoms with Crippen molar-refractivity contribution in [3.8, 4) is 0 Å². The average molecular weight is 456 g/mol. The second kappa shape index (κ2) is 7.96. The van der Waals surface area contributed by atoms with E-state index in [1.165, 1.54) is 11.3 Å². The van der Waals surface area contributed by atoms with Crippen LogP contribution in [-0.2, 0) is 4.79 Å². The zero-order chi connectivity index (χ0) is 22.3. The lowest BCUT2D eigenvalue weighted by Gasteiger charge is -2.25. The Bertz CT molecular complexity index is 1240. The van der Waals surface area contributed by atoms with Gasteiger partial charge in [0.1, 0.15) is 10.7 Å². The third-order valence-electron chi connectivity index (χ3n) is 5.12. The van der Waals surface area contributed by atoms with Crippen molar-refractivity contribution in [2.24, 2.45) is 0 Å². The molecule has 7 nitrogen and oxygen atoms in total. The van der Waals surface area contributed by atoms with Crippen LogP contribution in [0.2, 0.25) is 0 Å². The fourth-order valence-corrected chi connectivity index (χ4v) is 4.62. The summed E-state index contributed by atoms with van der Waals surface area (Å²) in [7, 11) is 1.73. The Morgan fingerprint density at radius 3 is 2.68 bits per heavy atom. The minimum absolute atomic E-state index is 0.325. The Balaban J connectivity index is 1.59. The highest BCUT2D eigenvalue weighted by Crippen LogP contribution is 2.29. The van der Waals surface area contributed by atoms with Crippen molar-refractivity contribution < 1.29 is 9.59 Å². The predicted octanol–water partition coefficient (Wildman–Crippen LogP) is 4.39. The summed E-state index contributed by atoms with van der Waals surface area (Å²) >= 11 is 7.53. The van der Waals surface area contributed by atoms with Gasteiger partial charge in [0.2, 0.25) is 5.91 Å². The van der Waals surface area contributed by atoms with E-state index in [1.807, 2.05) is 38.1 Å². The number of benzene rings is 2. The van der Waals surface area contributed by atoms with Gasteiger partial charge in [0.05, 0.1) is 21.5 Å². The SMILES string of the molecule is Cc1ccc2nc(NC(=O)c3cccc(C)c3NC(=O)C3(C)C=C(Cl)N(C)N3)sc2c1. The summed E-state index contributed by atoms with van der Waals surface area (Å²) in [4.78, 5) is 30.6. The van der Waals surface area contributed by atoms with Gasteiger partial charge in [0.25, 0.3) is 5.91 Å². The molecule has 3 aromatic rings. The predicted molar refractivity (Wildman–Crippen MR) is 125 cm³/mol. The van der Waals surface area contributed by atoms with Gasteiger partial charge in [-0.15, -0.1) is 0 Å². The Labute approximate surface area is 189 Å². The van der Waals surface area contributed by atoms with Gasteiger partial charge in [-0.2, -0.15) is 0 Å². The molecule has 1 aliphatic rings. The van der Waals surface area contributed by atoms with E-state index in [1.54, 1.807) is 37.2 Å². The molecule has 2 amide bonds. The number of carbonyl (C=O) groups excluding carboxylic acids is 2. The average Bonchev–Trinajstić information content (AvgIpc) is 3.22. The van der Waals surface area contributed by atoms with Crippen molar-refractivity contribution in [3.05, 3.63) is 64.3 Å². The van der Waals surface area contributed by atoms with E-state index in [0.717, 1.165) is 21.3 Å². The molecule has 1 aliphatic heterocycles. The molecule has 1 atom stereocenters. The Morgan fingerprint density at radius 1 is 1.19 bits per heavy atom. The quantitative estimate of drug-likeness (QED) is 0.508. The van der Waals surface area contributed by atoms with Crippen LogP contribution in [-0.4, -0.2) is 34.4 Å². The molecule has 31 heavy (non-hydrogen) atoms. The number of rotatable bonds is 4. The van der Waals surface area contributed by atoms with Gasteiger partial charge in [0, 0.05) is 7.05 Å². The normalized spacial score (nSPS) is 18.2. The lowest BCUT2D eigenvalue weighted by molar-refractivity contribution is -0.120. The zero-order valence-electron chi connectivity index (χ0n) is 17.5. The molecule has 9 heteroatoms. The minimum Gasteiger partial charge on any atom is -0.323 e. The van der Waals surface area contributed by atoms with Gasteiger partial charge >= 0.3 is 0 Å². The number of anilines is 2. The maximum atomic E-state index is 13.1. The number of hydrogen-bond acceptors (Lipinski definition) is 6. The number of aryl methyl sites for hydroxylation is 2. The van der Waals surface area contributed by atoms with Crippen LogP contribution in [0, 0.1) is 13.8 Å². The molecule has 1 unspecified atom stereocenters. The number of hydrogen-bond donors (Lipinski definition) is 3. The molecule has 1 aromatic heterocycles. The summed E-state index contributed by atoms with van der Waals surface area (Å²) < 4.78 is 1.00. The van der Waals surface area contributed by atoms with Gasteiger partial charge in [-0.05, 0) is 56.2 Å². The number of hydrazine groups is 1. The minimum atomic E-state index is -1.03. The number of aromatic nitrogens is 1. The van der Waals surface area contributed by atoms with Gasteiger partial charge in [-0.3, -0.25) is 14.9 Å². The van der Waals surface area contributed by atoms with E-state index in [-0.39, 0.29) is 11.8 Å². The Kier molecular flexibility index (Phi) is 5.47. The first kappa shape index (κ1) is 21.3. The van der Waals surface area contributed by atoms with Crippen LogP contribution in [0.4, 0.5) is 10.8 Å². The van der Waals surface area contributed by atoms with Crippen LogP contribution in [0.25, 0.3) is 10.2 Å². The topological polar surface area (TPSA) is 86.4 Å². The second-order valence-electron chi connectivity index (χ2n) is 7.74. The van der Waals surface area contributed by atoms with Gasteiger partial charge in [0.15, 0.2) is 5.13 Å². The largest absolute Gasteiger partial charge is 0.323 e. The summed E-state index contributed by atoms with van der Waals surface area (Å²) in [6.07, 6.45) is 1.63. The third kappa shape index (κ3) is 4.14. The van der Waals surface area contributed by atoms with E-state index < -0.39 is 5.54 Å². The van der Waals surface area contributed by atoms with Crippen LogP contribution >= 0.6 is 22.9 Å². The van der Waals surface area contributed by atoms with E-state index in [9.17, 15) is 9.59 Å². The maximum Gasteiger partial charge on any atom is 0.259 e. The van der Waals surface area contributed by atoms with E-state index >= 15 is 0 Å². The molecule has 2 aromatic carbocycles. The van der Waals surface area contributed by atoms with E-state index in [0.29, 0.717) is 21.5 Å². The summed E-state index contributed by atoms with van der Waals surface area (Å²) in [6.45, 7) is 5.57. The highest BCUT2D eigenvalue weighted by molar-refractivity contribution is 7.22. The molecule has 4 rings (SSSR count). The summed E-state index contributed by atoms with van der Waals surface area (Å²) in [5.74, 6) is -0.668. The molecular weight excluding hydrogens is 434 g/mol. The molecular formula is C22H22ClN5O2S. The number of para-hydroxylation sites is 1. The lowest BCUT2D eigenvalue weighted by Crippen LogP contribution is -2.51. The smallest absolute Gasteiger partial charge is 0.259 e. The van der Waals surface area contributed by atoms with Crippen LogP contribution in [0.3, 0.4) is 0 Å². The van der Waals surface area contributed by atoms with Gasteiger partial charge < -0.3 is 10.3 Å². The van der Waals surface area contributed by atoms with Crippen LogP contribution in [0.1, 0.15) is 28.4 Å². The van der Waals surface area contributed by atoms with Crippen molar-refractivity contribution in [2.45, 2.75) is 26.3 Å². The number of amides is 2.